The van der Waals surface area contributed by atoms with Gasteiger partial charge < -0.3 is 4.98 Å². The van der Waals surface area contributed by atoms with E-state index in [4.69, 9.17) is 0 Å². The van der Waals surface area contributed by atoms with Gasteiger partial charge in [-0.2, -0.15) is 5.10 Å². The largest absolute Gasteiger partial charge is 0.322 e. The fourth-order valence-corrected chi connectivity index (χ4v) is 4.55. The van der Waals surface area contributed by atoms with Crippen LogP contribution in [0, 0.1) is 5.92 Å². The number of nitrogens with zero attached hydrogens (tertiary/aromatic N) is 2. The van der Waals surface area contributed by atoms with Crippen LogP contribution in [0.3, 0.4) is 0 Å². The Balaban J connectivity index is 1.81. The number of pyridine rings is 1. The van der Waals surface area contributed by atoms with Crippen molar-refractivity contribution in [2.45, 2.75) is 26.7 Å². The van der Waals surface area contributed by atoms with Gasteiger partial charge in [0.25, 0.3) is 11.1 Å². The summed E-state index contributed by atoms with van der Waals surface area (Å²) < 4.78 is 2.36. The van der Waals surface area contributed by atoms with Crippen LogP contribution in [0.4, 0.5) is 0 Å². The van der Waals surface area contributed by atoms with Gasteiger partial charge in [0, 0.05) is 29.4 Å². The second-order valence-corrected chi connectivity index (χ2v) is 8.45. The molecule has 1 N–H and O–H groups in total. The number of para-hydroxylation sites is 1. The van der Waals surface area contributed by atoms with E-state index in [1.165, 1.54) is 4.68 Å². The van der Waals surface area contributed by atoms with Crippen LogP contribution >= 0.6 is 11.3 Å². The number of nitrogens with one attached hydrogen (secondary N) is 1. The Morgan fingerprint density at radius 3 is 2.74 bits per heavy atom. The summed E-state index contributed by atoms with van der Waals surface area (Å²) in [5.74, 6) is 0.451. The van der Waals surface area contributed by atoms with Crippen LogP contribution in [-0.4, -0.2) is 14.8 Å². The number of fused-ring (bicyclic) bond motifs is 2. The molecule has 5 nitrogen and oxygen atoms in total. The fraction of sp³-hybridized carbons (Fsp3) is 0.286. The quantitative estimate of drug-likeness (QED) is 0.589. The molecular formula is C21H21N3O2S. The highest BCUT2D eigenvalue weighted by Crippen LogP contribution is 2.28. The van der Waals surface area contributed by atoms with Crippen LogP contribution in [-0.2, 0) is 19.9 Å². The summed E-state index contributed by atoms with van der Waals surface area (Å²) in [7, 11) is 1.69. The SMILES string of the molecule is CC(C)Cc1nn(C)c(=O)c2cc(Cc3cc4ccccc4[nH]c3=O)sc12. The average molecular weight is 379 g/mol. The molecule has 0 saturated heterocycles. The Morgan fingerprint density at radius 1 is 1.19 bits per heavy atom. The predicted octanol–water partition coefficient (Wildman–Crippen LogP) is 3.63. The maximum Gasteiger partial charge on any atom is 0.275 e. The summed E-state index contributed by atoms with van der Waals surface area (Å²) in [4.78, 5) is 28.9. The number of hydrogen-bond acceptors (Lipinski definition) is 4. The average Bonchev–Trinajstić information content (AvgIpc) is 3.04. The van der Waals surface area contributed by atoms with E-state index in [1.807, 2.05) is 36.4 Å². The van der Waals surface area contributed by atoms with E-state index in [0.717, 1.165) is 32.6 Å². The number of rotatable bonds is 4. The molecule has 0 bridgehead atoms. The third kappa shape index (κ3) is 3.32. The zero-order chi connectivity index (χ0) is 19.1. The molecule has 6 heteroatoms. The second-order valence-electron chi connectivity index (χ2n) is 7.32. The first-order valence-corrected chi connectivity index (χ1v) is 9.83. The van der Waals surface area contributed by atoms with Gasteiger partial charge >= 0.3 is 0 Å². The standard InChI is InChI=1S/C21H21N3O2S/c1-12(2)8-18-19-16(21(26)24(3)23-18)11-15(27-19)10-14-9-13-6-4-5-7-17(13)22-20(14)25/h4-7,9,11-12H,8,10H2,1-3H3,(H,22,25). The van der Waals surface area contributed by atoms with Crippen molar-refractivity contribution in [3.63, 3.8) is 0 Å². The maximum absolute atomic E-state index is 12.5. The van der Waals surface area contributed by atoms with Crippen LogP contribution in [0.2, 0.25) is 0 Å². The van der Waals surface area contributed by atoms with Crippen molar-refractivity contribution in [3.8, 4) is 0 Å². The molecule has 0 unspecified atom stereocenters. The summed E-state index contributed by atoms with van der Waals surface area (Å²) in [6.07, 6.45) is 1.32. The molecule has 0 spiro atoms. The number of hydrogen-bond donors (Lipinski definition) is 1. The second kappa shape index (κ2) is 6.78. The molecule has 0 aliphatic rings. The van der Waals surface area contributed by atoms with Gasteiger partial charge in [0.15, 0.2) is 0 Å². The van der Waals surface area contributed by atoms with Crippen LogP contribution in [0.15, 0.2) is 46.0 Å². The number of H-pyrrole nitrogens is 1. The van der Waals surface area contributed by atoms with E-state index >= 15 is 0 Å². The van der Waals surface area contributed by atoms with Gasteiger partial charge in [-0.15, -0.1) is 11.3 Å². The summed E-state index contributed by atoms with van der Waals surface area (Å²) >= 11 is 1.57. The highest BCUT2D eigenvalue weighted by atomic mass is 32.1. The van der Waals surface area contributed by atoms with Crippen molar-refractivity contribution in [1.29, 1.82) is 0 Å². The van der Waals surface area contributed by atoms with Crippen LogP contribution < -0.4 is 11.1 Å². The van der Waals surface area contributed by atoms with E-state index in [-0.39, 0.29) is 11.1 Å². The van der Waals surface area contributed by atoms with Gasteiger partial charge in [-0.3, -0.25) is 9.59 Å². The summed E-state index contributed by atoms with van der Waals surface area (Å²) in [6.45, 7) is 4.28. The molecule has 1 aromatic carbocycles. The lowest BCUT2D eigenvalue weighted by atomic mass is 10.1. The third-order valence-electron chi connectivity index (χ3n) is 4.64. The molecule has 3 aromatic heterocycles. The molecule has 0 aliphatic carbocycles. The summed E-state index contributed by atoms with van der Waals surface area (Å²) in [5, 5.41) is 6.17. The minimum Gasteiger partial charge on any atom is -0.322 e. The molecule has 27 heavy (non-hydrogen) atoms. The van der Waals surface area contributed by atoms with Crippen molar-refractivity contribution in [3.05, 3.63) is 73.2 Å². The van der Waals surface area contributed by atoms with Crippen molar-refractivity contribution in [1.82, 2.24) is 14.8 Å². The predicted molar refractivity (Wildman–Crippen MR) is 111 cm³/mol. The Hall–Kier alpha value is -2.73. The highest BCUT2D eigenvalue weighted by molar-refractivity contribution is 7.19. The first-order valence-electron chi connectivity index (χ1n) is 9.02. The molecule has 3 heterocycles. The highest BCUT2D eigenvalue weighted by Gasteiger charge is 2.15. The van der Waals surface area contributed by atoms with Crippen molar-refractivity contribution >= 4 is 32.3 Å². The van der Waals surface area contributed by atoms with Crippen LogP contribution in [0.25, 0.3) is 21.0 Å². The topological polar surface area (TPSA) is 67.8 Å². The minimum absolute atomic E-state index is 0.0837. The van der Waals surface area contributed by atoms with Crippen LogP contribution in [0.5, 0.6) is 0 Å². The van der Waals surface area contributed by atoms with E-state index in [9.17, 15) is 9.59 Å². The van der Waals surface area contributed by atoms with Crippen molar-refractivity contribution in [2.75, 3.05) is 0 Å². The van der Waals surface area contributed by atoms with Gasteiger partial charge in [0.2, 0.25) is 0 Å². The number of aromatic amines is 1. The zero-order valence-electron chi connectivity index (χ0n) is 15.6. The number of thiophene rings is 1. The molecule has 0 aliphatic heterocycles. The smallest absolute Gasteiger partial charge is 0.275 e. The molecule has 138 valence electrons. The van der Waals surface area contributed by atoms with Gasteiger partial charge in [-0.25, -0.2) is 4.68 Å². The number of aromatic nitrogens is 3. The Morgan fingerprint density at radius 2 is 1.96 bits per heavy atom. The molecule has 0 atom stereocenters. The summed E-state index contributed by atoms with van der Waals surface area (Å²) in [5.41, 5.74) is 2.31. The molecule has 4 aromatic rings. The molecule has 0 amide bonds. The number of aryl methyl sites for hydroxylation is 1. The lowest BCUT2D eigenvalue weighted by Gasteiger charge is -2.06. The molecular weight excluding hydrogens is 358 g/mol. The Kier molecular flexibility index (Phi) is 4.44. The van der Waals surface area contributed by atoms with Gasteiger partial charge in [0.1, 0.15) is 0 Å². The first kappa shape index (κ1) is 17.7. The van der Waals surface area contributed by atoms with Gasteiger partial charge in [-0.1, -0.05) is 32.0 Å². The Bertz CT molecular complexity index is 1260. The van der Waals surface area contributed by atoms with Crippen LogP contribution in [0.1, 0.15) is 30.0 Å². The summed E-state index contributed by atoms with van der Waals surface area (Å²) in [6, 6.07) is 11.6. The Labute approximate surface area is 160 Å². The third-order valence-corrected chi connectivity index (χ3v) is 5.82. The van der Waals surface area contributed by atoms with E-state index in [1.54, 1.807) is 18.4 Å². The lowest BCUT2D eigenvalue weighted by Crippen LogP contribution is -2.21. The van der Waals surface area contributed by atoms with Gasteiger partial charge in [0.05, 0.1) is 15.8 Å². The lowest BCUT2D eigenvalue weighted by molar-refractivity contribution is 0.606. The minimum atomic E-state index is -0.0903. The van der Waals surface area contributed by atoms with Gasteiger partial charge in [-0.05, 0) is 35.9 Å². The van der Waals surface area contributed by atoms with Crippen molar-refractivity contribution in [2.24, 2.45) is 13.0 Å². The zero-order valence-corrected chi connectivity index (χ0v) is 16.4. The molecule has 4 rings (SSSR count). The van der Waals surface area contributed by atoms with E-state index in [0.29, 0.717) is 23.3 Å². The van der Waals surface area contributed by atoms with E-state index in [2.05, 4.69) is 23.9 Å². The maximum atomic E-state index is 12.5. The fourth-order valence-electron chi connectivity index (χ4n) is 3.38. The van der Waals surface area contributed by atoms with Crippen molar-refractivity contribution < 1.29 is 0 Å². The molecule has 0 fully saturated rings. The molecule has 0 radical (unpaired) electrons. The molecule has 0 saturated carbocycles. The van der Waals surface area contributed by atoms with E-state index < -0.39 is 0 Å². The normalized spacial score (nSPS) is 11.7. The monoisotopic (exact) mass is 379 g/mol. The first-order chi connectivity index (χ1) is 12.9. The number of benzene rings is 1.